The summed E-state index contributed by atoms with van der Waals surface area (Å²) in [6.45, 7) is 15.0. The Bertz CT molecular complexity index is 111. The third-order valence-corrected chi connectivity index (χ3v) is 39.3. The summed E-state index contributed by atoms with van der Waals surface area (Å²) in [7, 11) is -1.86. The molecular formula is C7H21HgNSi2. The zero-order valence-corrected chi connectivity index (χ0v) is 16.7. The number of rotatable bonds is 3. The predicted molar refractivity (Wildman–Crippen MR) is 54.4 cm³/mol. The van der Waals surface area contributed by atoms with E-state index in [1.54, 1.807) is 0 Å². The molecule has 0 fully saturated rings. The van der Waals surface area contributed by atoms with E-state index in [-0.39, 0.29) is 0 Å². The maximum absolute atomic E-state index is 3.00. The average molecular weight is 376 g/mol. The molecule has 64 valence electrons. The fourth-order valence-corrected chi connectivity index (χ4v) is 34.0. The van der Waals surface area contributed by atoms with Crippen LogP contribution in [0.2, 0.25) is 43.7 Å². The maximum atomic E-state index is 3.00. The van der Waals surface area contributed by atoms with Crippen molar-refractivity contribution in [2.24, 2.45) is 0 Å². The molecule has 0 bridgehead atoms. The van der Waals surface area contributed by atoms with Crippen molar-refractivity contribution in [2.45, 2.75) is 43.7 Å². The SMILES string of the molecule is [CH3][Hg][N]([Si](C)(C)C)[Si](C)(C)C. The zero-order valence-electron chi connectivity index (χ0n) is 9.15. The molecule has 0 aliphatic rings. The van der Waals surface area contributed by atoms with Crippen molar-refractivity contribution in [3.8, 4) is 0 Å². The molecule has 11 heavy (non-hydrogen) atoms. The van der Waals surface area contributed by atoms with Gasteiger partial charge in [-0.15, -0.1) is 0 Å². The molecule has 0 unspecified atom stereocenters. The minimum absolute atomic E-state index is 0.623. The van der Waals surface area contributed by atoms with Gasteiger partial charge in [-0.1, -0.05) is 0 Å². The van der Waals surface area contributed by atoms with Gasteiger partial charge in [0, 0.05) is 0 Å². The van der Waals surface area contributed by atoms with E-state index in [1.807, 2.05) is 0 Å². The van der Waals surface area contributed by atoms with Gasteiger partial charge < -0.3 is 0 Å². The van der Waals surface area contributed by atoms with Crippen LogP contribution in [0.5, 0.6) is 0 Å². The molecule has 0 heterocycles. The van der Waals surface area contributed by atoms with E-state index < -0.39 is 41.3 Å². The number of hydrogen-bond donors (Lipinski definition) is 0. The fraction of sp³-hybridized carbons (Fsp3) is 1.00. The topological polar surface area (TPSA) is 3.24 Å². The molecule has 0 N–H and O–H groups in total. The Balaban J connectivity index is 4.43. The summed E-state index contributed by atoms with van der Waals surface area (Å²) in [5.41, 5.74) is 0. The average Bonchev–Trinajstić information content (AvgIpc) is 1.56. The number of hydrogen-bond acceptors (Lipinski definition) is 1. The van der Waals surface area contributed by atoms with Gasteiger partial charge in [0.15, 0.2) is 0 Å². The van der Waals surface area contributed by atoms with E-state index in [4.69, 9.17) is 0 Å². The van der Waals surface area contributed by atoms with Gasteiger partial charge >= 0.3 is 87.1 Å². The van der Waals surface area contributed by atoms with Crippen LogP contribution in [-0.2, 0) is 24.9 Å². The van der Waals surface area contributed by atoms with Crippen LogP contribution < -0.4 is 0 Å². The summed E-state index contributed by atoms with van der Waals surface area (Å²) in [6.07, 6.45) is 0. The van der Waals surface area contributed by atoms with Crippen LogP contribution in [0.15, 0.2) is 0 Å². The first-order chi connectivity index (χ1) is 4.69. The second kappa shape index (κ2) is 4.02. The van der Waals surface area contributed by atoms with Crippen molar-refractivity contribution in [2.75, 3.05) is 0 Å². The molecule has 0 radical (unpaired) electrons. The molecule has 0 aromatic rings. The molecule has 0 aromatic heterocycles. The third-order valence-electron chi connectivity index (χ3n) is 1.94. The van der Waals surface area contributed by atoms with Crippen LogP contribution >= 0.6 is 0 Å². The molecule has 0 spiro atoms. The van der Waals surface area contributed by atoms with Crippen LogP contribution in [0.1, 0.15) is 0 Å². The van der Waals surface area contributed by atoms with Crippen LogP contribution in [0.25, 0.3) is 0 Å². The minimum atomic E-state index is -0.928. The van der Waals surface area contributed by atoms with Crippen molar-refractivity contribution in [3.63, 3.8) is 0 Å². The van der Waals surface area contributed by atoms with Crippen molar-refractivity contribution in [1.82, 2.24) is 2.00 Å². The van der Waals surface area contributed by atoms with Crippen molar-refractivity contribution < 1.29 is 24.9 Å². The first-order valence-corrected chi connectivity index (χ1v) is 19.3. The first-order valence-electron chi connectivity index (χ1n) is 4.47. The van der Waals surface area contributed by atoms with Crippen LogP contribution in [0.4, 0.5) is 0 Å². The van der Waals surface area contributed by atoms with Crippen molar-refractivity contribution in [3.05, 3.63) is 0 Å². The van der Waals surface area contributed by atoms with E-state index in [0.717, 1.165) is 0 Å². The van der Waals surface area contributed by atoms with E-state index in [9.17, 15) is 0 Å². The summed E-state index contributed by atoms with van der Waals surface area (Å²) < 4.78 is 5.51. The molecule has 0 aliphatic carbocycles. The zero-order chi connectivity index (χ0) is 9.28. The summed E-state index contributed by atoms with van der Waals surface area (Å²) in [5, 5.41) is 0. The van der Waals surface area contributed by atoms with Gasteiger partial charge in [-0.25, -0.2) is 0 Å². The van der Waals surface area contributed by atoms with Crippen LogP contribution in [-0.4, -0.2) is 18.5 Å². The molecule has 0 aromatic carbocycles. The second-order valence-corrected chi connectivity index (χ2v) is 25.1. The van der Waals surface area contributed by atoms with E-state index >= 15 is 0 Å². The molecule has 0 aliphatic heterocycles. The van der Waals surface area contributed by atoms with Gasteiger partial charge in [0.05, 0.1) is 0 Å². The van der Waals surface area contributed by atoms with Crippen molar-refractivity contribution >= 4 is 16.5 Å². The molecule has 0 saturated heterocycles. The first kappa shape index (κ1) is 12.3. The van der Waals surface area contributed by atoms with E-state index in [0.29, 0.717) is 0 Å². The van der Waals surface area contributed by atoms with Crippen LogP contribution in [0, 0.1) is 0 Å². The second-order valence-electron chi connectivity index (χ2n) is 5.09. The third kappa shape index (κ3) is 4.20. The van der Waals surface area contributed by atoms with E-state index in [2.05, 4.69) is 45.7 Å². The molecule has 4 heteroatoms. The Morgan fingerprint density at radius 1 is 0.818 bits per heavy atom. The Morgan fingerprint density at radius 3 is 1.09 bits per heavy atom. The molecule has 0 amide bonds. The van der Waals surface area contributed by atoms with Gasteiger partial charge in [-0.05, 0) is 0 Å². The van der Waals surface area contributed by atoms with Crippen LogP contribution in [0.3, 0.4) is 0 Å². The molecule has 1 nitrogen and oxygen atoms in total. The molecule has 0 rings (SSSR count). The molecule has 0 atom stereocenters. The number of nitrogens with zero attached hydrogens (tertiary/aromatic N) is 1. The Kier molecular flexibility index (Phi) is 4.51. The Morgan fingerprint density at radius 2 is 1.09 bits per heavy atom. The van der Waals surface area contributed by atoms with Gasteiger partial charge in [0.1, 0.15) is 0 Å². The van der Waals surface area contributed by atoms with Gasteiger partial charge in [-0.2, -0.15) is 0 Å². The summed E-state index contributed by atoms with van der Waals surface area (Å²) in [4.78, 5) is 0. The monoisotopic (exact) mass is 377 g/mol. The molecule has 0 saturated carbocycles. The normalized spacial score (nSPS) is 13.5. The quantitative estimate of drug-likeness (QED) is 0.685. The van der Waals surface area contributed by atoms with Crippen molar-refractivity contribution in [1.29, 1.82) is 0 Å². The standard InChI is InChI=1S/C6H18NSi2.CH3.Hg/c1-8(2,3)7-9(4,5)6;;/h1-6H3;1H3;/q-1;;+1. The van der Waals surface area contributed by atoms with Gasteiger partial charge in [0.25, 0.3) is 0 Å². The fourth-order valence-electron chi connectivity index (χ4n) is 1.95. The Labute approximate surface area is 86.6 Å². The predicted octanol–water partition coefficient (Wildman–Crippen LogP) is 3.00. The van der Waals surface area contributed by atoms with E-state index in [1.165, 1.54) is 0 Å². The summed E-state index contributed by atoms with van der Waals surface area (Å²) >= 11 is -0.623. The Hall–Kier alpha value is 1.33. The molecular weight excluding hydrogens is 355 g/mol. The van der Waals surface area contributed by atoms with Gasteiger partial charge in [0.2, 0.25) is 0 Å². The summed E-state index contributed by atoms with van der Waals surface area (Å²) in [6, 6.07) is 0. The summed E-state index contributed by atoms with van der Waals surface area (Å²) in [5.74, 6) is 0. The van der Waals surface area contributed by atoms with Gasteiger partial charge in [-0.3, -0.25) is 0 Å².